The Balaban J connectivity index is 2.59. The van der Waals surface area contributed by atoms with Crippen molar-refractivity contribution in [2.75, 3.05) is 12.3 Å². The number of carboxylic acids is 1. The van der Waals surface area contributed by atoms with Crippen LogP contribution in [0.5, 0.6) is 5.75 Å². The van der Waals surface area contributed by atoms with E-state index >= 15 is 0 Å². The van der Waals surface area contributed by atoms with Crippen LogP contribution in [-0.4, -0.2) is 17.7 Å². The highest BCUT2D eigenvalue weighted by Crippen LogP contribution is 2.28. The predicted octanol–water partition coefficient (Wildman–Crippen LogP) is 1.78. The van der Waals surface area contributed by atoms with Gasteiger partial charge in [0, 0.05) is 0 Å². The van der Waals surface area contributed by atoms with E-state index in [1.165, 1.54) is 0 Å². The molecule has 0 heterocycles. The standard InChI is InChI=1S/C9H10ClNO3/c10-6-2-1-3-7(9(6)11)14-5-4-8(12)13/h1-3H,4-5,11H2,(H,12,13). The summed E-state index contributed by atoms with van der Waals surface area (Å²) < 4.78 is 5.14. The second kappa shape index (κ2) is 4.72. The first-order valence-electron chi connectivity index (χ1n) is 4.00. The summed E-state index contributed by atoms with van der Waals surface area (Å²) in [5.41, 5.74) is 5.93. The molecule has 76 valence electrons. The van der Waals surface area contributed by atoms with Gasteiger partial charge in [-0.2, -0.15) is 0 Å². The van der Waals surface area contributed by atoms with Crippen molar-refractivity contribution < 1.29 is 14.6 Å². The lowest BCUT2D eigenvalue weighted by Gasteiger charge is -2.08. The molecular formula is C9H10ClNO3. The van der Waals surface area contributed by atoms with Crippen molar-refractivity contribution >= 4 is 23.3 Å². The number of para-hydroxylation sites is 1. The topological polar surface area (TPSA) is 72.5 Å². The Hall–Kier alpha value is -1.42. The minimum atomic E-state index is -0.911. The third-order valence-electron chi connectivity index (χ3n) is 1.59. The van der Waals surface area contributed by atoms with Crippen molar-refractivity contribution in [3.8, 4) is 5.75 Å². The van der Waals surface area contributed by atoms with Crippen LogP contribution in [0.25, 0.3) is 0 Å². The summed E-state index contributed by atoms with van der Waals surface area (Å²) in [6.07, 6.45) is -0.0635. The summed E-state index contributed by atoms with van der Waals surface area (Å²) in [5.74, 6) is -0.496. The van der Waals surface area contributed by atoms with Gasteiger partial charge in [0.15, 0.2) is 0 Å². The Morgan fingerprint density at radius 3 is 2.93 bits per heavy atom. The van der Waals surface area contributed by atoms with Gasteiger partial charge in [-0.3, -0.25) is 4.79 Å². The minimum absolute atomic E-state index is 0.0635. The van der Waals surface area contributed by atoms with Crippen LogP contribution in [0.3, 0.4) is 0 Å². The van der Waals surface area contributed by atoms with Crippen LogP contribution in [0, 0.1) is 0 Å². The Morgan fingerprint density at radius 1 is 1.57 bits per heavy atom. The van der Waals surface area contributed by atoms with Gasteiger partial charge >= 0.3 is 5.97 Å². The van der Waals surface area contributed by atoms with Gasteiger partial charge < -0.3 is 15.6 Å². The molecule has 0 aliphatic heterocycles. The first-order chi connectivity index (χ1) is 6.61. The van der Waals surface area contributed by atoms with E-state index in [2.05, 4.69) is 0 Å². The highest BCUT2D eigenvalue weighted by molar-refractivity contribution is 6.33. The summed E-state index contributed by atoms with van der Waals surface area (Å²) in [6.45, 7) is 0.0832. The number of rotatable bonds is 4. The molecule has 0 aliphatic rings. The third kappa shape index (κ3) is 2.81. The summed E-state index contributed by atoms with van der Waals surface area (Å²) in [4.78, 5) is 10.2. The molecular weight excluding hydrogens is 206 g/mol. The van der Waals surface area contributed by atoms with Gasteiger partial charge in [-0.25, -0.2) is 0 Å². The van der Waals surface area contributed by atoms with Crippen molar-refractivity contribution in [1.29, 1.82) is 0 Å². The molecule has 0 bridgehead atoms. The lowest BCUT2D eigenvalue weighted by molar-refractivity contribution is -0.137. The summed E-state index contributed by atoms with van der Waals surface area (Å²) >= 11 is 5.73. The largest absolute Gasteiger partial charge is 0.491 e. The molecule has 0 spiro atoms. The van der Waals surface area contributed by atoms with Gasteiger partial charge in [0.05, 0.1) is 23.7 Å². The van der Waals surface area contributed by atoms with Gasteiger partial charge in [-0.1, -0.05) is 17.7 Å². The van der Waals surface area contributed by atoms with Crippen LogP contribution in [0.4, 0.5) is 5.69 Å². The van der Waals surface area contributed by atoms with E-state index in [4.69, 9.17) is 27.2 Å². The average molecular weight is 216 g/mol. The Kier molecular flexibility index (Phi) is 3.59. The fraction of sp³-hybridized carbons (Fsp3) is 0.222. The van der Waals surface area contributed by atoms with E-state index in [1.54, 1.807) is 18.2 Å². The average Bonchev–Trinajstić information content (AvgIpc) is 2.12. The maximum atomic E-state index is 10.2. The number of anilines is 1. The summed E-state index contributed by atoms with van der Waals surface area (Å²) in [7, 11) is 0. The number of carbonyl (C=O) groups is 1. The quantitative estimate of drug-likeness (QED) is 0.751. The number of hydrogen-bond donors (Lipinski definition) is 2. The molecule has 0 saturated heterocycles. The van der Waals surface area contributed by atoms with Crippen molar-refractivity contribution in [2.24, 2.45) is 0 Å². The number of ether oxygens (including phenoxy) is 1. The van der Waals surface area contributed by atoms with Crippen LogP contribution in [0.15, 0.2) is 18.2 Å². The predicted molar refractivity (Wildman–Crippen MR) is 53.6 cm³/mol. The van der Waals surface area contributed by atoms with Crippen molar-refractivity contribution in [1.82, 2.24) is 0 Å². The SMILES string of the molecule is Nc1c(Cl)cccc1OCCC(=O)O. The summed E-state index contributed by atoms with van der Waals surface area (Å²) in [6, 6.07) is 4.97. The molecule has 0 aliphatic carbocycles. The van der Waals surface area contributed by atoms with E-state index in [0.29, 0.717) is 16.5 Å². The normalized spacial score (nSPS) is 9.79. The zero-order chi connectivity index (χ0) is 10.6. The molecule has 0 atom stereocenters. The molecule has 0 saturated carbocycles. The highest BCUT2D eigenvalue weighted by atomic mass is 35.5. The van der Waals surface area contributed by atoms with Gasteiger partial charge in [-0.15, -0.1) is 0 Å². The molecule has 4 nitrogen and oxygen atoms in total. The number of nitrogens with two attached hydrogens (primary N) is 1. The van der Waals surface area contributed by atoms with E-state index in [-0.39, 0.29) is 13.0 Å². The molecule has 0 unspecified atom stereocenters. The fourth-order valence-corrected chi connectivity index (χ4v) is 1.06. The first-order valence-corrected chi connectivity index (χ1v) is 4.37. The molecule has 1 aromatic rings. The molecule has 1 aromatic carbocycles. The molecule has 0 fully saturated rings. The Bertz CT molecular complexity index is 341. The Morgan fingerprint density at radius 2 is 2.29 bits per heavy atom. The number of aliphatic carboxylic acids is 1. The number of benzene rings is 1. The zero-order valence-electron chi connectivity index (χ0n) is 7.37. The van der Waals surface area contributed by atoms with E-state index in [9.17, 15) is 4.79 Å². The second-order valence-electron chi connectivity index (χ2n) is 2.64. The smallest absolute Gasteiger partial charge is 0.306 e. The van der Waals surface area contributed by atoms with Gasteiger partial charge in [0.25, 0.3) is 0 Å². The second-order valence-corrected chi connectivity index (χ2v) is 3.05. The number of nitrogen functional groups attached to an aromatic ring is 1. The van der Waals surface area contributed by atoms with Gasteiger partial charge in [0.2, 0.25) is 0 Å². The van der Waals surface area contributed by atoms with Crippen LogP contribution in [0.1, 0.15) is 6.42 Å². The van der Waals surface area contributed by atoms with Gasteiger partial charge in [0.1, 0.15) is 5.75 Å². The maximum Gasteiger partial charge on any atom is 0.306 e. The maximum absolute atomic E-state index is 10.2. The molecule has 0 radical (unpaired) electrons. The Labute approximate surface area is 86.2 Å². The van der Waals surface area contributed by atoms with E-state index in [0.717, 1.165) is 0 Å². The van der Waals surface area contributed by atoms with Crippen LogP contribution >= 0.6 is 11.6 Å². The molecule has 3 N–H and O–H groups in total. The van der Waals surface area contributed by atoms with Crippen molar-refractivity contribution in [3.05, 3.63) is 23.2 Å². The van der Waals surface area contributed by atoms with Crippen LogP contribution in [0.2, 0.25) is 5.02 Å². The van der Waals surface area contributed by atoms with Crippen molar-refractivity contribution in [3.63, 3.8) is 0 Å². The third-order valence-corrected chi connectivity index (χ3v) is 1.92. The summed E-state index contributed by atoms with van der Waals surface area (Å²) in [5, 5.41) is 8.78. The zero-order valence-corrected chi connectivity index (χ0v) is 8.12. The molecule has 5 heteroatoms. The molecule has 0 aromatic heterocycles. The molecule has 14 heavy (non-hydrogen) atoms. The number of carboxylic acid groups (broad SMARTS) is 1. The van der Waals surface area contributed by atoms with Crippen LogP contribution in [-0.2, 0) is 4.79 Å². The van der Waals surface area contributed by atoms with Crippen LogP contribution < -0.4 is 10.5 Å². The van der Waals surface area contributed by atoms with E-state index in [1.807, 2.05) is 0 Å². The highest BCUT2D eigenvalue weighted by Gasteiger charge is 2.04. The minimum Gasteiger partial charge on any atom is -0.491 e. The molecule has 0 amide bonds. The van der Waals surface area contributed by atoms with Gasteiger partial charge in [-0.05, 0) is 12.1 Å². The van der Waals surface area contributed by atoms with E-state index < -0.39 is 5.97 Å². The lowest BCUT2D eigenvalue weighted by atomic mass is 10.3. The first kappa shape index (κ1) is 10.7. The van der Waals surface area contributed by atoms with Crippen molar-refractivity contribution in [2.45, 2.75) is 6.42 Å². The monoisotopic (exact) mass is 215 g/mol. The molecule has 1 rings (SSSR count). The fourth-order valence-electron chi connectivity index (χ4n) is 0.891. The lowest BCUT2D eigenvalue weighted by Crippen LogP contribution is -2.06. The number of hydrogen-bond acceptors (Lipinski definition) is 3. The number of halogens is 1.